The van der Waals surface area contributed by atoms with Gasteiger partial charge in [0, 0.05) is 13.1 Å². The maximum atomic E-state index is 12.4. The second-order valence-corrected chi connectivity index (χ2v) is 5.88. The summed E-state index contributed by atoms with van der Waals surface area (Å²) < 4.78 is 5.01. The Balaban J connectivity index is 2.03. The number of para-hydroxylation sites is 1. The van der Waals surface area contributed by atoms with Gasteiger partial charge in [-0.2, -0.15) is 0 Å². The minimum atomic E-state index is -0.475. The van der Waals surface area contributed by atoms with E-state index >= 15 is 0 Å². The number of esters is 1. The predicted octanol–water partition coefficient (Wildman–Crippen LogP) is 2.48. The summed E-state index contributed by atoms with van der Waals surface area (Å²) in [4.78, 5) is 30.6. The van der Waals surface area contributed by atoms with Gasteiger partial charge in [-0.25, -0.2) is 9.78 Å². The summed E-state index contributed by atoms with van der Waals surface area (Å²) >= 11 is 0. The second-order valence-electron chi connectivity index (χ2n) is 5.88. The fraction of sp³-hybridized carbons (Fsp3) is 0.316. The molecule has 7 heteroatoms. The highest BCUT2D eigenvalue weighted by Gasteiger charge is 2.15. The molecule has 0 spiro atoms. The molecule has 0 aliphatic carbocycles. The van der Waals surface area contributed by atoms with E-state index in [4.69, 9.17) is 4.74 Å². The van der Waals surface area contributed by atoms with Crippen LogP contribution >= 0.6 is 0 Å². The number of rotatable bonds is 8. The quantitative estimate of drug-likeness (QED) is 0.707. The molecule has 7 nitrogen and oxygen atoms in total. The summed E-state index contributed by atoms with van der Waals surface area (Å²) in [6.45, 7) is 3.68. The van der Waals surface area contributed by atoms with Crippen molar-refractivity contribution in [1.29, 1.82) is 0 Å². The third-order valence-corrected chi connectivity index (χ3v) is 3.55. The van der Waals surface area contributed by atoms with Gasteiger partial charge in [-0.1, -0.05) is 12.1 Å². The monoisotopic (exact) mass is 356 g/mol. The normalized spacial score (nSPS) is 10.5. The number of carbonyl (C=O) groups is 2. The summed E-state index contributed by atoms with van der Waals surface area (Å²) in [7, 11) is 4.00. The molecule has 0 fully saturated rings. The van der Waals surface area contributed by atoms with Gasteiger partial charge in [0.25, 0.3) is 5.91 Å². The van der Waals surface area contributed by atoms with Gasteiger partial charge in [0.2, 0.25) is 0 Å². The smallest absolute Gasteiger partial charge is 0.340 e. The van der Waals surface area contributed by atoms with Crippen LogP contribution in [0.5, 0.6) is 0 Å². The topological polar surface area (TPSA) is 83.6 Å². The highest BCUT2D eigenvalue weighted by atomic mass is 16.5. The summed E-state index contributed by atoms with van der Waals surface area (Å²) in [6, 6.07) is 10.2. The number of ether oxygens (including phenoxy) is 1. The Labute approximate surface area is 153 Å². The molecule has 0 aliphatic rings. The second kappa shape index (κ2) is 9.53. The third kappa shape index (κ3) is 5.56. The Morgan fingerprint density at radius 3 is 2.58 bits per heavy atom. The van der Waals surface area contributed by atoms with Crippen LogP contribution in [0.15, 0.2) is 42.6 Å². The number of carbonyl (C=O) groups excluding carboxylic acids is 2. The van der Waals surface area contributed by atoms with Gasteiger partial charge in [-0.3, -0.25) is 4.79 Å². The fourth-order valence-corrected chi connectivity index (χ4v) is 2.22. The lowest BCUT2D eigenvalue weighted by molar-refractivity contribution is 0.0527. The Morgan fingerprint density at radius 2 is 1.92 bits per heavy atom. The minimum absolute atomic E-state index is 0.266. The van der Waals surface area contributed by atoms with E-state index in [1.807, 2.05) is 14.1 Å². The van der Waals surface area contributed by atoms with Crippen molar-refractivity contribution in [3.8, 4) is 0 Å². The molecule has 1 aromatic heterocycles. The predicted molar refractivity (Wildman–Crippen MR) is 102 cm³/mol. The number of hydrogen-bond donors (Lipinski definition) is 2. The number of nitrogens with zero attached hydrogens (tertiary/aromatic N) is 2. The van der Waals surface area contributed by atoms with Crippen LogP contribution < -0.4 is 10.6 Å². The Hall–Kier alpha value is -2.93. The van der Waals surface area contributed by atoms with Gasteiger partial charge in [-0.05, 0) is 45.3 Å². The average Bonchev–Trinajstić information content (AvgIpc) is 2.62. The Kier molecular flexibility index (Phi) is 7.11. The maximum absolute atomic E-state index is 12.4. The van der Waals surface area contributed by atoms with E-state index < -0.39 is 5.97 Å². The van der Waals surface area contributed by atoms with E-state index in [9.17, 15) is 9.59 Å². The van der Waals surface area contributed by atoms with Crippen molar-refractivity contribution < 1.29 is 14.3 Å². The third-order valence-electron chi connectivity index (χ3n) is 3.55. The number of hydrogen-bond acceptors (Lipinski definition) is 6. The summed E-state index contributed by atoms with van der Waals surface area (Å²) in [5.74, 6) is -0.863. The molecule has 1 amide bonds. The zero-order chi connectivity index (χ0) is 18.9. The van der Waals surface area contributed by atoms with Crippen molar-refractivity contribution in [2.45, 2.75) is 6.92 Å². The average molecular weight is 356 g/mol. The van der Waals surface area contributed by atoms with Crippen LogP contribution in [0.1, 0.15) is 27.8 Å². The summed E-state index contributed by atoms with van der Waals surface area (Å²) in [5.41, 5.74) is 1.81. The molecule has 0 saturated carbocycles. The van der Waals surface area contributed by atoms with Crippen molar-refractivity contribution in [2.75, 3.05) is 44.4 Å². The first-order chi connectivity index (χ1) is 12.5. The Morgan fingerprint density at radius 1 is 1.15 bits per heavy atom. The molecule has 0 atom stereocenters. The number of likely N-dealkylation sites (N-methyl/N-ethyl adjacent to an activating group) is 1. The SMILES string of the molecule is CCOC(=O)c1ccccc1NC(=O)c1ccc(NCCN(C)C)cn1. The van der Waals surface area contributed by atoms with Gasteiger partial charge in [0.1, 0.15) is 5.69 Å². The van der Waals surface area contributed by atoms with Crippen LogP contribution in [0.2, 0.25) is 0 Å². The molecule has 0 bridgehead atoms. The number of anilines is 2. The van der Waals surface area contributed by atoms with Crippen LogP contribution in [0.3, 0.4) is 0 Å². The van der Waals surface area contributed by atoms with Gasteiger partial charge in [0.15, 0.2) is 0 Å². The molecule has 2 N–H and O–H groups in total. The minimum Gasteiger partial charge on any atom is -0.462 e. The number of aromatic nitrogens is 1. The molecule has 26 heavy (non-hydrogen) atoms. The number of amides is 1. The summed E-state index contributed by atoms with van der Waals surface area (Å²) in [5, 5.41) is 5.95. The van der Waals surface area contributed by atoms with Crippen LogP contribution in [0, 0.1) is 0 Å². The van der Waals surface area contributed by atoms with Gasteiger partial charge in [-0.15, -0.1) is 0 Å². The first-order valence-electron chi connectivity index (χ1n) is 8.43. The van der Waals surface area contributed by atoms with Crippen LogP contribution in [-0.2, 0) is 4.74 Å². The molecule has 0 unspecified atom stereocenters. The zero-order valence-corrected chi connectivity index (χ0v) is 15.3. The highest BCUT2D eigenvalue weighted by Crippen LogP contribution is 2.17. The van der Waals surface area contributed by atoms with Gasteiger partial charge >= 0.3 is 5.97 Å². The largest absolute Gasteiger partial charge is 0.462 e. The zero-order valence-electron chi connectivity index (χ0n) is 15.3. The molecular weight excluding hydrogens is 332 g/mol. The summed E-state index contributed by atoms with van der Waals surface area (Å²) in [6.07, 6.45) is 1.61. The van der Waals surface area contributed by atoms with E-state index in [2.05, 4.69) is 20.5 Å². The van der Waals surface area contributed by atoms with Crippen LogP contribution in [0.4, 0.5) is 11.4 Å². The van der Waals surface area contributed by atoms with Gasteiger partial charge < -0.3 is 20.3 Å². The molecular formula is C19H24N4O3. The molecule has 2 aromatic rings. The lowest BCUT2D eigenvalue weighted by Crippen LogP contribution is -2.21. The molecule has 0 aliphatic heterocycles. The van der Waals surface area contributed by atoms with Crippen molar-refractivity contribution in [3.05, 3.63) is 53.9 Å². The Bertz CT molecular complexity index is 745. The molecule has 0 radical (unpaired) electrons. The lowest BCUT2D eigenvalue weighted by atomic mass is 10.1. The molecule has 0 saturated heterocycles. The maximum Gasteiger partial charge on any atom is 0.340 e. The first kappa shape index (κ1) is 19.4. The van der Waals surface area contributed by atoms with E-state index in [1.54, 1.807) is 49.5 Å². The van der Waals surface area contributed by atoms with Crippen LogP contribution in [0.25, 0.3) is 0 Å². The van der Waals surface area contributed by atoms with E-state index in [0.717, 1.165) is 18.8 Å². The number of benzene rings is 1. The van der Waals surface area contributed by atoms with E-state index in [0.29, 0.717) is 11.3 Å². The van der Waals surface area contributed by atoms with Gasteiger partial charge in [0.05, 0.1) is 29.7 Å². The van der Waals surface area contributed by atoms with Crippen molar-refractivity contribution in [1.82, 2.24) is 9.88 Å². The molecule has 138 valence electrons. The molecule has 1 aromatic carbocycles. The number of nitrogens with one attached hydrogen (secondary N) is 2. The lowest BCUT2D eigenvalue weighted by Gasteiger charge is -2.12. The van der Waals surface area contributed by atoms with Crippen molar-refractivity contribution in [3.63, 3.8) is 0 Å². The van der Waals surface area contributed by atoms with E-state index in [-0.39, 0.29) is 18.2 Å². The molecule has 2 rings (SSSR count). The van der Waals surface area contributed by atoms with E-state index in [1.165, 1.54) is 0 Å². The first-order valence-corrected chi connectivity index (χ1v) is 8.43. The fourth-order valence-electron chi connectivity index (χ4n) is 2.22. The van der Waals surface area contributed by atoms with Crippen LogP contribution in [-0.4, -0.2) is 55.6 Å². The molecule has 1 heterocycles. The highest BCUT2D eigenvalue weighted by molar-refractivity contribution is 6.07. The van der Waals surface area contributed by atoms with Crippen molar-refractivity contribution >= 4 is 23.3 Å². The number of pyridine rings is 1. The van der Waals surface area contributed by atoms with Crippen molar-refractivity contribution in [2.24, 2.45) is 0 Å². The standard InChI is InChI=1S/C19H24N4O3/c1-4-26-19(25)15-7-5-6-8-16(15)22-18(24)17-10-9-14(13-21-17)20-11-12-23(2)3/h5-10,13,20H,4,11-12H2,1-3H3,(H,22,24).